The largest absolute Gasteiger partial charge is 0.295 e. The minimum absolute atomic E-state index is 0.0226. The van der Waals surface area contributed by atoms with E-state index < -0.39 is 0 Å². The number of allylic oxidation sites excluding steroid dienone is 6. The normalized spacial score (nSPS) is 13.4. The lowest BCUT2D eigenvalue weighted by molar-refractivity contribution is -0.112. The Morgan fingerprint density at radius 2 is 1.38 bits per heavy atom. The van der Waals surface area contributed by atoms with E-state index in [-0.39, 0.29) is 5.78 Å². The van der Waals surface area contributed by atoms with Crippen LogP contribution in [0.5, 0.6) is 0 Å². The van der Waals surface area contributed by atoms with Crippen molar-refractivity contribution in [3.05, 3.63) is 94.5 Å². The van der Waals surface area contributed by atoms with Crippen molar-refractivity contribution in [3.63, 3.8) is 0 Å². The van der Waals surface area contributed by atoms with Gasteiger partial charge in [0.05, 0.1) is 0 Å². The molecule has 0 saturated carbocycles. The fraction of sp³-hybridized carbons (Fsp3) is 0.208. The second-order valence-corrected chi connectivity index (χ2v) is 6.51. The van der Waals surface area contributed by atoms with Gasteiger partial charge in [-0.25, -0.2) is 0 Å². The number of hydrogen-bond acceptors (Lipinski definition) is 1. The molecule has 0 atom stereocenters. The molecule has 0 aliphatic heterocycles. The summed E-state index contributed by atoms with van der Waals surface area (Å²) in [5.41, 5.74) is 5.38. The molecule has 0 heterocycles. The monoisotopic (exact) mass is 364 g/mol. The van der Waals surface area contributed by atoms with Gasteiger partial charge in [-0.15, -0.1) is 0 Å². The van der Waals surface area contributed by atoms with Crippen LogP contribution in [0.3, 0.4) is 0 Å². The minimum Gasteiger partial charge on any atom is -0.295 e. The van der Waals surface area contributed by atoms with Crippen molar-refractivity contribution in [1.82, 2.24) is 0 Å². The van der Waals surface area contributed by atoms with Crippen molar-refractivity contribution in [3.8, 4) is 0 Å². The van der Waals surface area contributed by atoms with E-state index in [2.05, 4.69) is 38.1 Å². The van der Waals surface area contributed by atoms with Crippen LogP contribution in [0.1, 0.15) is 44.7 Å². The Bertz CT molecular complexity index is 827. The zero-order valence-electron chi connectivity index (χ0n) is 15.6. The summed E-state index contributed by atoms with van der Waals surface area (Å²) >= 11 is 6.62. The van der Waals surface area contributed by atoms with Gasteiger partial charge in [-0.05, 0) is 53.7 Å². The first kappa shape index (κ1) is 19.9. The van der Waals surface area contributed by atoms with Crippen LogP contribution in [0.15, 0.2) is 83.4 Å². The van der Waals surface area contributed by atoms with Gasteiger partial charge < -0.3 is 0 Å². The van der Waals surface area contributed by atoms with Crippen LogP contribution in [-0.4, -0.2) is 5.78 Å². The summed E-state index contributed by atoms with van der Waals surface area (Å²) in [6.07, 6.45) is 5.13. The maximum atomic E-state index is 11.6. The first-order valence-corrected chi connectivity index (χ1v) is 9.37. The maximum absolute atomic E-state index is 11.6. The molecule has 0 amide bonds. The fourth-order valence-corrected chi connectivity index (χ4v) is 3.19. The Balaban J connectivity index is 2.88. The Kier molecular flexibility index (Phi) is 7.62. The molecule has 0 saturated heterocycles. The Morgan fingerprint density at radius 3 is 1.85 bits per heavy atom. The first-order valence-electron chi connectivity index (χ1n) is 9.00. The van der Waals surface area contributed by atoms with Crippen LogP contribution < -0.4 is 0 Å². The van der Waals surface area contributed by atoms with Crippen LogP contribution in [-0.2, 0) is 4.79 Å². The molecule has 0 unspecified atom stereocenters. The predicted octanol–water partition coefficient (Wildman–Crippen LogP) is 7.06. The molecule has 134 valence electrons. The van der Waals surface area contributed by atoms with Gasteiger partial charge in [0.2, 0.25) is 0 Å². The molecule has 2 aromatic carbocycles. The summed E-state index contributed by atoms with van der Waals surface area (Å²) in [6.45, 7) is 5.75. The average Bonchev–Trinajstić information content (AvgIpc) is 2.68. The lowest BCUT2D eigenvalue weighted by atomic mass is 9.87. The molecule has 1 nitrogen and oxygen atoms in total. The van der Waals surface area contributed by atoms with E-state index in [0.29, 0.717) is 0 Å². The first-order chi connectivity index (χ1) is 12.6. The van der Waals surface area contributed by atoms with Crippen molar-refractivity contribution in [1.29, 1.82) is 0 Å². The number of benzene rings is 2. The molecule has 0 aliphatic rings. The number of hydrogen-bond donors (Lipinski definition) is 0. The van der Waals surface area contributed by atoms with Crippen molar-refractivity contribution >= 4 is 28.5 Å². The van der Waals surface area contributed by atoms with E-state index in [0.717, 1.165) is 45.7 Å². The summed E-state index contributed by atoms with van der Waals surface area (Å²) in [5, 5.41) is 0.857. The molecule has 0 aromatic heterocycles. The molecule has 0 aliphatic carbocycles. The smallest absolute Gasteiger partial charge is 0.152 e. The van der Waals surface area contributed by atoms with Crippen LogP contribution in [0.2, 0.25) is 0 Å². The van der Waals surface area contributed by atoms with Gasteiger partial charge in [-0.3, -0.25) is 4.79 Å². The molecule has 2 heteroatoms. The molecule has 0 bridgehead atoms. The van der Waals surface area contributed by atoms with Crippen LogP contribution in [0.25, 0.3) is 11.1 Å². The Labute approximate surface area is 161 Å². The summed E-state index contributed by atoms with van der Waals surface area (Å²) in [7, 11) is 0. The molecular weight excluding hydrogens is 340 g/mol. The van der Waals surface area contributed by atoms with Gasteiger partial charge in [0.15, 0.2) is 5.78 Å². The van der Waals surface area contributed by atoms with Gasteiger partial charge in [-0.1, -0.05) is 92.2 Å². The Hall–Kier alpha value is -2.38. The maximum Gasteiger partial charge on any atom is 0.152 e. The number of carbonyl (C=O) groups excluding carboxylic acids is 1. The van der Waals surface area contributed by atoms with Gasteiger partial charge in [0, 0.05) is 5.03 Å². The highest BCUT2D eigenvalue weighted by Crippen LogP contribution is 2.37. The molecule has 0 N–H and O–H groups in total. The summed E-state index contributed by atoms with van der Waals surface area (Å²) in [5.74, 6) is 0.0226. The quantitative estimate of drug-likeness (QED) is 0.292. The van der Waals surface area contributed by atoms with Gasteiger partial charge in [-0.2, -0.15) is 0 Å². The Morgan fingerprint density at radius 1 is 0.846 bits per heavy atom. The number of carbonyl (C=O) groups is 1. The molecule has 2 aromatic rings. The standard InChI is InChI=1S/C24H25ClO/c1-4-21(23(25)5-2)24(20-14-10-7-11-15-20)22(17-16-18(3)26)19-12-8-6-9-13-19/h6-17H,4-5H2,1-3H3/b17-16+,23-21-,24-22+. The zero-order valence-corrected chi connectivity index (χ0v) is 16.4. The van der Waals surface area contributed by atoms with Crippen molar-refractivity contribution in [2.75, 3.05) is 0 Å². The molecule has 0 radical (unpaired) electrons. The van der Waals surface area contributed by atoms with Crippen LogP contribution >= 0.6 is 11.6 Å². The van der Waals surface area contributed by atoms with E-state index in [1.807, 2.05) is 42.5 Å². The van der Waals surface area contributed by atoms with Crippen LogP contribution in [0.4, 0.5) is 0 Å². The van der Waals surface area contributed by atoms with E-state index in [4.69, 9.17) is 11.6 Å². The van der Waals surface area contributed by atoms with Crippen molar-refractivity contribution < 1.29 is 4.79 Å². The third kappa shape index (κ3) is 5.06. The lowest BCUT2D eigenvalue weighted by Crippen LogP contribution is -1.97. The second kappa shape index (κ2) is 9.94. The summed E-state index contributed by atoms with van der Waals surface area (Å²) in [4.78, 5) is 11.6. The highest BCUT2D eigenvalue weighted by molar-refractivity contribution is 6.31. The van der Waals surface area contributed by atoms with E-state index in [1.165, 1.54) is 0 Å². The molecule has 0 spiro atoms. The fourth-order valence-electron chi connectivity index (χ4n) is 2.96. The average molecular weight is 365 g/mol. The molecule has 0 fully saturated rings. The van der Waals surface area contributed by atoms with E-state index >= 15 is 0 Å². The minimum atomic E-state index is 0.0226. The van der Waals surface area contributed by atoms with Gasteiger partial charge in [0.25, 0.3) is 0 Å². The van der Waals surface area contributed by atoms with Crippen LogP contribution in [0, 0.1) is 0 Å². The lowest BCUT2D eigenvalue weighted by Gasteiger charge is -2.18. The highest BCUT2D eigenvalue weighted by atomic mass is 35.5. The number of ketones is 1. The van der Waals surface area contributed by atoms with Crippen molar-refractivity contribution in [2.45, 2.75) is 33.6 Å². The molecule has 26 heavy (non-hydrogen) atoms. The predicted molar refractivity (Wildman–Crippen MR) is 113 cm³/mol. The van der Waals surface area contributed by atoms with Gasteiger partial charge in [0.1, 0.15) is 0 Å². The van der Waals surface area contributed by atoms with E-state index in [9.17, 15) is 4.79 Å². The van der Waals surface area contributed by atoms with Crippen molar-refractivity contribution in [2.24, 2.45) is 0 Å². The van der Waals surface area contributed by atoms with Gasteiger partial charge >= 0.3 is 0 Å². The third-order valence-corrected chi connectivity index (χ3v) is 4.69. The number of halogens is 1. The highest BCUT2D eigenvalue weighted by Gasteiger charge is 2.16. The van der Waals surface area contributed by atoms with E-state index in [1.54, 1.807) is 13.0 Å². The third-order valence-electron chi connectivity index (χ3n) is 4.19. The zero-order chi connectivity index (χ0) is 18.9. The molecular formula is C24H25ClO. The SMILES string of the molecule is CC/C(Cl)=C(CC)/C(=C(\C=C\C(C)=O)c1ccccc1)c1ccccc1. The number of rotatable bonds is 7. The summed E-state index contributed by atoms with van der Waals surface area (Å²) < 4.78 is 0. The molecule has 2 rings (SSSR count). The topological polar surface area (TPSA) is 17.1 Å². The second-order valence-electron chi connectivity index (χ2n) is 6.06. The summed E-state index contributed by atoms with van der Waals surface area (Å²) in [6, 6.07) is 20.4.